The Balaban J connectivity index is 1.49. The molecule has 0 unspecified atom stereocenters. The van der Waals surface area contributed by atoms with E-state index < -0.39 is 128 Å². The van der Waals surface area contributed by atoms with Gasteiger partial charge in [0.1, 0.15) is 31.5 Å². The number of amides is 2. The van der Waals surface area contributed by atoms with Crippen LogP contribution in [0, 0.1) is 0 Å². The first kappa shape index (κ1) is 55.2. The Morgan fingerprint density at radius 2 is 0.836 bits per heavy atom. The molecule has 1 aromatic carbocycles. The van der Waals surface area contributed by atoms with Crippen molar-refractivity contribution in [2.75, 3.05) is 52.8 Å². The lowest BCUT2D eigenvalue weighted by molar-refractivity contribution is -0.361. The third-order valence-electron chi connectivity index (χ3n) is 9.41. The highest BCUT2D eigenvalue weighted by Crippen LogP contribution is 2.45. The number of fused-ring (bicyclic) bond motifs is 1. The van der Waals surface area contributed by atoms with Gasteiger partial charge in [-0.15, -0.1) is 0 Å². The van der Waals surface area contributed by atoms with Gasteiger partial charge >= 0.3 is 41.8 Å². The maximum Gasteiger partial charge on any atom is 0.303 e. The molecule has 0 bridgehead atoms. The lowest BCUT2D eigenvalue weighted by Gasteiger charge is -2.48. The number of ether oxygens (including phenoxy) is 13. The van der Waals surface area contributed by atoms with Crippen LogP contribution in [0.3, 0.4) is 0 Å². The van der Waals surface area contributed by atoms with Crippen molar-refractivity contribution < 1.29 is 105 Å². The largest absolute Gasteiger partial charge is 0.463 e. The van der Waals surface area contributed by atoms with E-state index in [0.29, 0.717) is 0 Å². The van der Waals surface area contributed by atoms with E-state index >= 15 is 0 Å². The molecular formula is C40H47Cl4NO22. The van der Waals surface area contributed by atoms with Crippen molar-refractivity contribution in [3.63, 3.8) is 0 Å². The molecule has 2 amide bonds. The van der Waals surface area contributed by atoms with Gasteiger partial charge in [-0.3, -0.25) is 48.1 Å². The highest BCUT2D eigenvalue weighted by Gasteiger charge is 2.57. The van der Waals surface area contributed by atoms with E-state index in [1.54, 1.807) is 0 Å². The average molecular weight is 1040 g/mol. The molecule has 4 rings (SSSR count). The summed E-state index contributed by atoms with van der Waals surface area (Å²) in [6, 6.07) is 0. The predicted octanol–water partition coefficient (Wildman–Crippen LogP) is 2.57. The van der Waals surface area contributed by atoms with Crippen molar-refractivity contribution in [2.24, 2.45) is 0 Å². The van der Waals surface area contributed by atoms with Gasteiger partial charge in [-0.25, -0.2) is 0 Å². The Labute approximate surface area is 402 Å². The van der Waals surface area contributed by atoms with Crippen LogP contribution in [-0.2, 0) is 95.1 Å². The number of nitrogens with zero attached hydrogens (tertiary/aromatic N) is 1. The number of benzene rings is 1. The van der Waals surface area contributed by atoms with Crippen molar-refractivity contribution in [3.05, 3.63) is 31.2 Å². The number of hydrogen-bond donors (Lipinski definition) is 0. The van der Waals surface area contributed by atoms with Crippen LogP contribution in [0.25, 0.3) is 0 Å². The topological polar surface area (TPSA) is 277 Å². The smallest absolute Gasteiger partial charge is 0.303 e. The minimum atomic E-state index is -1.86. The normalized spacial score (nSPS) is 25.7. The fraction of sp³-hybridized carbons (Fsp3) is 0.625. The van der Waals surface area contributed by atoms with E-state index in [2.05, 4.69) is 0 Å². The summed E-state index contributed by atoms with van der Waals surface area (Å²) in [4.78, 5) is 113. The van der Waals surface area contributed by atoms with Crippen LogP contribution in [0.4, 0.5) is 0 Å². The van der Waals surface area contributed by atoms with E-state index in [9.17, 15) is 43.2 Å². The van der Waals surface area contributed by atoms with Gasteiger partial charge in [-0.2, -0.15) is 0 Å². The van der Waals surface area contributed by atoms with Gasteiger partial charge in [-0.05, 0) is 0 Å². The molecule has 3 heterocycles. The van der Waals surface area contributed by atoms with Crippen LogP contribution < -0.4 is 0 Å². The van der Waals surface area contributed by atoms with Crippen molar-refractivity contribution in [2.45, 2.75) is 110 Å². The monoisotopic (exact) mass is 1030 g/mol. The quantitative estimate of drug-likeness (QED) is 0.0427. The van der Waals surface area contributed by atoms with Crippen LogP contribution >= 0.6 is 46.4 Å². The van der Waals surface area contributed by atoms with Crippen molar-refractivity contribution >= 4 is 100 Å². The zero-order valence-electron chi connectivity index (χ0n) is 36.9. The highest BCUT2D eigenvalue weighted by atomic mass is 35.5. The standard InChI is InChI=1S/C40H47Cl4NO22/c1-16(46)58-14-23-31(60-18(3)48)33(61-19(4)49)36(64-22(7)52)40(66-23)67-32-24(15-59-17(2)47)65-39(35(63-21(6)51)34(32)62-20(5)50)57-13-12-56-11-10-55-9-8-45-37(53)25-26(38(45)54)28(42)30(44)29(43)27(25)41/h23-24,31-36,39-40H,8-15H2,1-7H3/t23-,24-,31+,32-,33+,34+,35-,36-,39-,40+/m1/s1. The fourth-order valence-electron chi connectivity index (χ4n) is 6.91. The van der Waals surface area contributed by atoms with Gasteiger partial charge < -0.3 is 61.6 Å². The number of carbonyl (C=O) groups excluding carboxylic acids is 9. The maximum atomic E-state index is 13.0. The Kier molecular flexibility index (Phi) is 20.8. The molecule has 0 aliphatic carbocycles. The first-order valence-electron chi connectivity index (χ1n) is 20.1. The van der Waals surface area contributed by atoms with Crippen LogP contribution in [0.1, 0.15) is 69.2 Å². The molecule has 3 aliphatic heterocycles. The fourth-order valence-corrected chi connectivity index (χ4v) is 7.92. The zero-order valence-corrected chi connectivity index (χ0v) is 39.9. The molecule has 67 heavy (non-hydrogen) atoms. The van der Waals surface area contributed by atoms with E-state index in [4.69, 9.17) is 108 Å². The van der Waals surface area contributed by atoms with Crippen LogP contribution in [0.15, 0.2) is 0 Å². The van der Waals surface area contributed by atoms with Gasteiger partial charge in [0, 0.05) is 48.5 Å². The van der Waals surface area contributed by atoms with Crippen molar-refractivity contribution in [1.29, 1.82) is 0 Å². The molecule has 0 radical (unpaired) electrons. The molecule has 0 N–H and O–H groups in total. The molecule has 23 nitrogen and oxygen atoms in total. The van der Waals surface area contributed by atoms with Gasteiger partial charge in [-0.1, -0.05) is 46.4 Å². The van der Waals surface area contributed by atoms with Gasteiger partial charge in [0.25, 0.3) is 11.8 Å². The van der Waals surface area contributed by atoms with Crippen LogP contribution in [-0.4, -0.2) is 173 Å². The Bertz CT molecular complexity index is 2010. The molecule has 2 fully saturated rings. The molecule has 0 aromatic heterocycles. The third kappa shape index (κ3) is 14.8. The summed E-state index contributed by atoms with van der Waals surface area (Å²) in [6.45, 7) is 5.32. The molecule has 372 valence electrons. The second-order valence-electron chi connectivity index (χ2n) is 14.5. The maximum absolute atomic E-state index is 13.0. The lowest BCUT2D eigenvalue weighted by Crippen LogP contribution is -2.67. The number of halogens is 4. The molecule has 27 heteroatoms. The van der Waals surface area contributed by atoms with E-state index in [1.807, 2.05) is 0 Å². The minimum absolute atomic E-state index is 0.0183. The molecular weight excluding hydrogens is 988 g/mol. The molecule has 0 saturated carbocycles. The Hall–Kier alpha value is -4.43. The predicted molar refractivity (Wildman–Crippen MR) is 223 cm³/mol. The van der Waals surface area contributed by atoms with Gasteiger partial charge in [0.05, 0.1) is 70.8 Å². The highest BCUT2D eigenvalue weighted by molar-refractivity contribution is 6.55. The molecule has 2 saturated heterocycles. The summed E-state index contributed by atoms with van der Waals surface area (Å²) < 4.78 is 73.5. The van der Waals surface area contributed by atoms with Gasteiger partial charge in [0.2, 0.25) is 0 Å². The van der Waals surface area contributed by atoms with Crippen LogP contribution in [0.2, 0.25) is 20.1 Å². The van der Waals surface area contributed by atoms with E-state index in [1.165, 1.54) is 0 Å². The second kappa shape index (κ2) is 25.3. The van der Waals surface area contributed by atoms with E-state index in [0.717, 1.165) is 53.4 Å². The first-order valence-corrected chi connectivity index (χ1v) is 21.6. The number of hydrogen-bond acceptors (Lipinski definition) is 22. The molecule has 3 aliphatic rings. The zero-order chi connectivity index (χ0) is 49.9. The summed E-state index contributed by atoms with van der Waals surface area (Å²) in [5.74, 6) is -7.66. The number of carbonyl (C=O) groups is 9. The van der Waals surface area contributed by atoms with E-state index in [-0.39, 0.29) is 70.8 Å². The molecule has 10 atom stereocenters. The summed E-state index contributed by atoms with van der Waals surface area (Å²) in [6.07, 6.45) is -16.3. The minimum Gasteiger partial charge on any atom is -0.463 e. The van der Waals surface area contributed by atoms with Gasteiger partial charge in [0.15, 0.2) is 43.1 Å². The van der Waals surface area contributed by atoms with Crippen LogP contribution in [0.5, 0.6) is 0 Å². The average Bonchev–Trinajstić information content (AvgIpc) is 3.48. The summed E-state index contributed by atoms with van der Waals surface area (Å²) in [5, 5.41) is -0.757. The SMILES string of the molecule is CC(=O)OC[C@H]1O[C@@H](O[C@H]2[C@H](OC(C)=O)[C@@H](OC(C)=O)[C@H](OCCOCCOCCN3C(=O)c4c(Cl)c(Cl)c(Cl)c(Cl)c4C3=O)O[C@@H]2COC(C)=O)[C@H](OC(C)=O)[C@@H](OC(C)=O)[C@H]1OC(C)=O. The van der Waals surface area contributed by atoms with Crippen molar-refractivity contribution in [1.82, 2.24) is 4.90 Å². The lowest BCUT2D eigenvalue weighted by atomic mass is 9.96. The Morgan fingerprint density at radius 3 is 1.30 bits per heavy atom. The number of rotatable bonds is 21. The number of esters is 7. The Morgan fingerprint density at radius 1 is 0.463 bits per heavy atom. The summed E-state index contributed by atoms with van der Waals surface area (Å²) in [7, 11) is 0. The first-order chi connectivity index (χ1) is 31.5. The summed E-state index contributed by atoms with van der Waals surface area (Å²) in [5.41, 5.74) is -0.343. The van der Waals surface area contributed by atoms with Crippen molar-refractivity contribution in [3.8, 4) is 0 Å². The third-order valence-corrected chi connectivity index (χ3v) is 11.2. The molecule has 0 spiro atoms. The molecule has 1 aromatic rings. The second-order valence-corrected chi connectivity index (χ2v) is 16.0. The summed E-state index contributed by atoms with van der Waals surface area (Å²) >= 11 is 24.5. The number of imide groups is 1.